The Morgan fingerprint density at radius 1 is 1.19 bits per heavy atom. The van der Waals surface area contributed by atoms with Crippen molar-refractivity contribution >= 4 is 5.97 Å². The first-order chi connectivity index (χ1) is 13.1. The van der Waals surface area contributed by atoms with Crippen molar-refractivity contribution in [1.82, 2.24) is 9.80 Å². The van der Waals surface area contributed by atoms with Gasteiger partial charge in [-0.25, -0.2) is 8.78 Å². The number of esters is 1. The quantitative estimate of drug-likeness (QED) is 0.562. The van der Waals surface area contributed by atoms with Crippen LogP contribution in [0.25, 0.3) is 0 Å². The van der Waals surface area contributed by atoms with Crippen molar-refractivity contribution in [3.63, 3.8) is 0 Å². The number of methoxy groups -OCH3 is 1. The molecule has 6 heteroatoms. The Morgan fingerprint density at radius 3 is 2.70 bits per heavy atom. The number of halogens is 2. The second-order valence-corrected chi connectivity index (χ2v) is 8.13. The number of piperidine rings is 3. The van der Waals surface area contributed by atoms with Gasteiger partial charge in [-0.05, 0) is 62.9 Å². The maximum Gasteiger partial charge on any atom is 0.305 e. The number of carbonyl (C=O) groups is 1. The molecule has 0 aromatic heterocycles. The number of hydrogen-bond donors (Lipinski definition) is 0. The number of rotatable bonds is 6. The lowest BCUT2D eigenvalue weighted by molar-refractivity contribution is -0.140. The van der Waals surface area contributed by atoms with Crippen LogP contribution in [-0.2, 0) is 9.53 Å². The highest BCUT2D eigenvalue weighted by atomic mass is 19.2. The van der Waals surface area contributed by atoms with Gasteiger partial charge in [0.25, 0.3) is 0 Å². The smallest absolute Gasteiger partial charge is 0.305 e. The van der Waals surface area contributed by atoms with E-state index >= 15 is 0 Å². The number of ether oxygens (including phenoxy) is 1. The van der Waals surface area contributed by atoms with Gasteiger partial charge in [-0.3, -0.25) is 14.6 Å². The molecule has 1 aromatic rings. The fraction of sp³-hybridized carbons (Fsp3) is 0.667. The van der Waals surface area contributed by atoms with Crippen LogP contribution in [0.3, 0.4) is 0 Å². The molecule has 4 heterocycles. The molecule has 148 valence electrons. The fourth-order valence-electron chi connectivity index (χ4n) is 5.56. The van der Waals surface area contributed by atoms with Crippen LogP contribution in [0.1, 0.15) is 43.6 Å². The Hall–Kier alpha value is -1.53. The van der Waals surface area contributed by atoms with Crippen molar-refractivity contribution in [1.29, 1.82) is 0 Å². The summed E-state index contributed by atoms with van der Waals surface area (Å²) in [6.45, 7) is 3.79. The lowest BCUT2D eigenvalue weighted by atomic mass is 9.75. The third kappa shape index (κ3) is 3.49. The molecule has 0 saturated carbocycles. The molecule has 4 aliphatic heterocycles. The van der Waals surface area contributed by atoms with Crippen molar-refractivity contribution in [2.24, 2.45) is 5.92 Å². The summed E-state index contributed by atoms with van der Waals surface area (Å²) in [5, 5.41) is 0. The number of hydrogen-bond acceptors (Lipinski definition) is 4. The Kier molecular flexibility index (Phi) is 5.46. The summed E-state index contributed by atoms with van der Waals surface area (Å²) in [7, 11) is 1.42. The first-order valence-corrected chi connectivity index (χ1v) is 10.1. The number of nitrogens with zero attached hydrogens (tertiary/aromatic N) is 2. The molecule has 0 unspecified atom stereocenters. The van der Waals surface area contributed by atoms with Gasteiger partial charge in [0.1, 0.15) is 0 Å². The molecule has 0 aliphatic carbocycles. The van der Waals surface area contributed by atoms with Crippen molar-refractivity contribution < 1.29 is 18.3 Å². The van der Waals surface area contributed by atoms with E-state index in [0.29, 0.717) is 23.9 Å². The Labute approximate surface area is 159 Å². The average molecular weight is 378 g/mol. The molecule has 0 amide bonds. The third-order valence-electron chi connectivity index (χ3n) is 6.78. The van der Waals surface area contributed by atoms with E-state index < -0.39 is 11.6 Å². The Bertz CT molecular complexity index is 691. The summed E-state index contributed by atoms with van der Waals surface area (Å²) in [5.41, 5.74) is 0.523. The maximum atomic E-state index is 14.6. The molecular formula is C21H28F2N2O2. The zero-order chi connectivity index (χ0) is 19.0. The minimum atomic E-state index is -0.753. The molecule has 2 bridgehead atoms. The number of likely N-dealkylation sites (tertiary alicyclic amines) is 1. The Balaban J connectivity index is 1.52. The second-order valence-electron chi connectivity index (χ2n) is 8.13. The SMILES string of the molecule is COC(=O)CCCCN1C[C@@H](c2cccc(F)c2F)[C@@H]2[C@H]1C1CCN2CC1. The highest BCUT2D eigenvalue weighted by Crippen LogP contribution is 2.47. The van der Waals surface area contributed by atoms with Crippen LogP contribution in [-0.4, -0.2) is 61.1 Å². The van der Waals surface area contributed by atoms with Gasteiger partial charge in [0, 0.05) is 31.0 Å². The van der Waals surface area contributed by atoms with Crippen LogP contribution in [0.2, 0.25) is 0 Å². The predicted octanol–water partition coefficient (Wildman–Crippen LogP) is 3.17. The van der Waals surface area contributed by atoms with Gasteiger partial charge in [-0.15, -0.1) is 0 Å². The first-order valence-electron chi connectivity index (χ1n) is 10.1. The van der Waals surface area contributed by atoms with Crippen LogP contribution in [0.15, 0.2) is 18.2 Å². The zero-order valence-corrected chi connectivity index (χ0v) is 15.9. The molecule has 3 atom stereocenters. The van der Waals surface area contributed by atoms with Crippen molar-refractivity contribution in [3.05, 3.63) is 35.4 Å². The van der Waals surface area contributed by atoms with E-state index in [2.05, 4.69) is 9.80 Å². The number of benzene rings is 1. The maximum absolute atomic E-state index is 14.6. The third-order valence-corrected chi connectivity index (χ3v) is 6.78. The van der Waals surface area contributed by atoms with Crippen molar-refractivity contribution in [3.8, 4) is 0 Å². The van der Waals surface area contributed by atoms with Gasteiger partial charge in [0.05, 0.1) is 7.11 Å². The second kappa shape index (κ2) is 7.84. The van der Waals surface area contributed by atoms with Crippen LogP contribution >= 0.6 is 0 Å². The van der Waals surface area contributed by atoms with Crippen molar-refractivity contribution in [2.45, 2.75) is 50.1 Å². The number of carbonyl (C=O) groups excluding carboxylic acids is 1. The van der Waals surface area contributed by atoms with Crippen molar-refractivity contribution in [2.75, 3.05) is 33.3 Å². The summed E-state index contributed by atoms with van der Waals surface area (Å²) in [6, 6.07) is 5.26. The molecule has 4 fully saturated rings. The van der Waals surface area contributed by atoms with Crippen LogP contribution in [0.4, 0.5) is 8.78 Å². The van der Waals surface area contributed by atoms with Gasteiger partial charge >= 0.3 is 5.97 Å². The van der Waals surface area contributed by atoms with Gasteiger partial charge in [0.2, 0.25) is 0 Å². The van der Waals surface area contributed by atoms with Crippen LogP contribution in [0, 0.1) is 17.6 Å². The molecule has 0 radical (unpaired) electrons. The van der Waals surface area contributed by atoms with E-state index in [-0.39, 0.29) is 17.9 Å². The van der Waals surface area contributed by atoms with E-state index in [9.17, 15) is 13.6 Å². The lowest BCUT2D eigenvalue weighted by Crippen LogP contribution is -2.60. The van der Waals surface area contributed by atoms with E-state index in [1.165, 1.54) is 26.0 Å². The van der Waals surface area contributed by atoms with E-state index in [4.69, 9.17) is 4.74 Å². The van der Waals surface area contributed by atoms with E-state index in [1.807, 2.05) is 0 Å². The highest BCUT2D eigenvalue weighted by Gasteiger charge is 2.53. The minimum absolute atomic E-state index is 0.00871. The summed E-state index contributed by atoms with van der Waals surface area (Å²) < 4.78 is 33.1. The first kappa shape index (κ1) is 18.8. The molecule has 4 aliphatic rings. The summed E-state index contributed by atoms with van der Waals surface area (Å²) in [6.07, 6.45) is 4.55. The van der Waals surface area contributed by atoms with Crippen LogP contribution < -0.4 is 0 Å². The normalized spacial score (nSPS) is 32.5. The lowest BCUT2D eigenvalue weighted by Gasteiger charge is -2.51. The molecular weight excluding hydrogens is 350 g/mol. The predicted molar refractivity (Wildman–Crippen MR) is 98.4 cm³/mol. The van der Waals surface area contributed by atoms with Gasteiger partial charge in [-0.2, -0.15) is 0 Å². The minimum Gasteiger partial charge on any atom is -0.469 e. The van der Waals surface area contributed by atoms with E-state index in [0.717, 1.165) is 39.0 Å². The topological polar surface area (TPSA) is 32.8 Å². The standard InChI is InChI=1S/C21H28F2N2O2/c1-27-18(26)7-2-3-10-25-13-16(15-5-4-6-17(22)19(15)23)21-20(25)14-8-11-24(21)12-9-14/h4-6,14,16,20-21H,2-3,7-13H2,1H3/t16-,20+,21+/m0/s1. The number of unbranched alkanes of at least 4 members (excludes halogenated alkanes) is 1. The molecule has 0 spiro atoms. The largest absolute Gasteiger partial charge is 0.469 e. The van der Waals surface area contributed by atoms with Gasteiger partial charge < -0.3 is 4.74 Å². The summed E-state index contributed by atoms with van der Waals surface area (Å²) in [5.74, 6) is -0.957. The summed E-state index contributed by atoms with van der Waals surface area (Å²) in [4.78, 5) is 16.3. The van der Waals surface area contributed by atoms with Gasteiger partial charge in [-0.1, -0.05) is 12.1 Å². The molecule has 1 aromatic carbocycles. The molecule has 4 nitrogen and oxygen atoms in total. The van der Waals surface area contributed by atoms with Crippen LogP contribution in [0.5, 0.6) is 0 Å². The fourth-order valence-corrected chi connectivity index (χ4v) is 5.56. The van der Waals surface area contributed by atoms with E-state index in [1.54, 1.807) is 12.1 Å². The molecule has 0 N–H and O–H groups in total. The average Bonchev–Trinajstić information content (AvgIpc) is 3.09. The summed E-state index contributed by atoms with van der Waals surface area (Å²) >= 11 is 0. The number of fused-ring (bicyclic) bond motifs is 2. The Morgan fingerprint density at radius 2 is 1.96 bits per heavy atom. The monoisotopic (exact) mass is 378 g/mol. The molecule has 5 rings (SSSR count). The van der Waals surface area contributed by atoms with Gasteiger partial charge in [0.15, 0.2) is 11.6 Å². The highest BCUT2D eigenvalue weighted by molar-refractivity contribution is 5.68. The zero-order valence-electron chi connectivity index (χ0n) is 15.9. The molecule has 4 saturated heterocycles. The molecule has 27 heavy (non-hydrogen) atoms.